The second kappa shape index (κ2) is 5.41. The molecule has 0 saturated heterocycles. The van der Waals surface area contributed by atoms with Crippen molar-refractivity contribution < 1.29 is 9.47 Å². The van der Waals surface area contributed by atoms with Crippen molar-refractivity contribution in [3.8, 4) is 5.75 Å². The molecule has 1 unspecified atom stereocenters. The second-order valence-corrected chi connectivity index (χ2v) is 4.87. The molecule has 1 aromatic carbocycles. The first-order valence-corrected chi connectivity index (χ1v) is 6.22. The Balaban J connectivity index is 2.07. The van der Waals surface area contributed by atoms with E-state index in [1.807, 2.05) is 0 Å². The molecule has 0 aliphatic carbocycles. The summed E-state index contributed by atoms with van der Waals surface area (Å²) in [5.41, 5.74) is 2.46. The van der Waals surface area contributed by atoms with Crippen molar-refractivity contribution in [2.45, 2.75) is 26.3 Å². The van der Waals surface area contributed by atoms with Crippen molar-refractivity contribution in [1.82, 2.24) is 0 Å². The first-order valence-electron chi connectivity index (χ1n) is 6.22. The van der Waals surface area contributed by atoms with E-state index in [1.54, 1.807) is 7.11 Å². The lowest BCUT2D eigenvalue weighted by Gasteiger charge is -2.23. The molecule has 0 aromatic heterocycles. The molecule has 3 heteroatoms. The summed E-state index contributed by atoms with van der Waals surface area (Å²) in [6, 6.07) is 6.66. The van der Waals surface area contributed by atoms with E-state index >= 15 is 0 Å². The third-order valence-corrected chi connectivity index (χ3v) is 3.19. The van der Waals surface area contributed by atoms with Gasteiger partial charge in [-0.1, -0.05) is 13.8 Å². The van der Waals surface area contributed by atoms with E-state index in [-0.39, 0.29) is 0 Å². The number of ether oxygens (including phenoxy) is 2. The van der Waals surface area contributed by atoms with Gasteiger partial charge in [0, 0.05) is 19.2 Å². The largest absolute Gasteiger partial charge is 0.493 e. The van der Waals surface area contributed by atoms with Gasteiger partial charge in [0.15, 0.2) is 0 Å². The highest BCUT2D eigenvalue weighted by molar-refractivity contribution is 5.53. The molecule has 1 atom stereocenters. The second-order valence-electron chi connectivity index (χ2n) is 4.87. The zero-order chi connectivity index (χ0) is 12.3. The molecule has 17 heavy (non-hydrogen) atoms. The Bertz CT molecular complexity index is 376. The van der Waals surface area contributed by atoms with Gasteiger partial charge in [0.1, 0.15) is 5.75 Å². The summed E-state index contributed by atoms with van der Waals surface area (Å²) in [7, 11) is 1.74. The fraction of sp³-hybridized carbons (Fsp3) is 0.571. The molecule has 1 aliphatic heterocycles. The van der Waals surface area contributed by atoms with Gasteiger partial charge < -0.3 is 14.8 Å². The summed E-state index contributed by atoms with van der Waals surface area (Å²) in [6.07, 6.45) is 1.02. The van der Waals surface area contributed by atoms with Crippen LogP contribution in [0, 0.1) is 5.92 Å². The van der Waals surface area contributed by atoms with Crippen molar-refractivity contribution in [1.29, 1.82) is 0 Å². The number of fused-ring (bicyclic) bond motifs is 1. The average molecular weight is 235 g/mol. The number of benzene rings is 1. The van der Waals surface area contributed by atoms with Crippen molar-refractivity contribution in [3.05, 3.63) is 23.8 Å². The third-order valence-electron chi connectivity index (χ3n) is 3.19. The minimum atomic E-state index is 0.348. The van der Waals surface area contributed by atoms with E-state index in [0.29, 0.717) is 12.0 Å². The zero-order valence-corrected chi connectivity index (χ0v) is 10.8. The highest BCUT2D eigenvalue weighted by Gasteiger charge is 2.15. The van der Waals surface area contributed by atoms with Crippen molar-refractivity contribution >= 4 is 5.69 Å². The summed E-state index contributed by atoms with van der Waals surface area (Å²) in [4.78, 5) is 0. The van der Waals surface area contributed by atoms with Crippen LogP contribution in [0.25, 0.3) is 0 Å². The highest BCUT2D eigenvalue weighted by Crippen LogP contribution is 2.28. The van der Waals surface area contributed by atoms with Crippen LogP contribution >= 0.6 is 0 Å². The first kappa shape index (κ1) is 12.2. The van der Waals surface area contributed by atoms with Crippen LogP contribution in [-0.4, -0.2) is 26.4 Å². The molecule has 1 N–H and O–H groups in total. The highest BCUT2D eigenvalue weighted by atomic mass is 16.5. The predicted molar refractivity (Wildman–Crippen MR) is 69.8 cm³/mol. The quantitative estimate of drug-likeness (QED) is 0.851. The molecule has 94 valence electrons. The molecule has 1 aliphatic rings. The maximum Gasteiger partial charge on any atom is 0.122 e. The van der Waals surface area contributed by atoms with Gasteiger partial charge in [0.2, 0.25) is 0 Å². The van der Waals surface area contributed by atoms with E-state index < -0.39 is 0 Å². The summed E-state index contributed by atoms with van der Waals surface area (Å²) < 4.78 is 10.7. The monoisotopic (exact) mass is 235 g/mol. The van der Waals surface area contributed by atoms with Gasteiger partial charge in [-0.05, 0) is 29.7 Å². The molecule has 0 saturated carbocycles. The summed E-state index contributed by atoms with van der Waals surface area (Å²) in [5, 5.41) is 3.53. The summed E-state index contributed by atoms with van der Waals surface area (Å²) in [6.45, 7) is 5.94. The number of nitrogens with one attached hydrogen (secondary N) is 1. The molecular weight excluding hydrogens is 214 g/mol. The van der Waals surface area contributed by atoms with Crippen LogP contribution in [0.1, 0.15) is 19.4 Å². The molecule has 0 bridgehead atoms. The zero-order valence-electron chi connectivity index (χ0n) is 10.8. The average Bonchev–Trinajstić information content (AvgIpc) is 2.75. The van der Waals surface area contributed by atoms with Crippen molar-refractivity contribution in [2.24, 2.45) is 5.92 Å². The van der Waals surface area contributed by atoms with E-state index in [0.717, 1.165) is 31.1 Å². The Morgan fingerprint density at radius 2 is 2.24 bits per heavy atom. The molecule has 0 amide bonds. The molecule has 1 aromatic rings. The van der Waals surface area contributed by atoms with E-state index in [4.69, 9.17) is 9.47 Å². The smallest absolute Gasteiger partial charge is 0.122 e. The molecule has 0 radical (unpaired) electrons. The molecule has 2 rings (SSSR count). The number of methoxy groups -OCH3 is 1. The van der Waals surface area contributed by atoms with E-state index in [9.17, 15) is 0 Å². The standard InChI is InChI=1S/C14H21NO2/c1-10(2)13(9-16-3)15-12-4-5-14-11(8-12)6-7-17-14/h4-5,8,10,13,15H,6-7,9H2,1-3H3. The Morgan fingerprint density at radius 1 is 1.41 bits per heavy atom. The lowest BCUT2D eigenvalue weighted by Crippen LogP contribution is -2.30. The maximum atomic E-state index is 5.50. The molecule has 3 nitrogen and oxygen atoms in total. The Kier molecular flexibility index (Phi) is 3.89. The van der Waals surface area contributed by atoms with Gasteiger partial charge in [-0.3, -0.25) is 0 Å². The number of anilines is 1. The van der Waals surface area contributed by atoms with Gasteiger partial charge in [-0.15, -0.1) is 0 Å². The van der Waals surface area contributed by atoms with Crippen LogP contribution in [-0.2, 0) is 11.2 Å². The number of hydrogen-bond donors (Lipinski definition) is 1. The molecule has 1 heterocycles. The summed E-state index contributed by atoms with van der Waals surface area (Å²) >= 11 is 0. The van der Waals surface area contributed by atoms with Crippen LogP contribution < -0.4 is 10.1 Å². The van der Waals surface area contributed by atoms with Crippen molar-refractivity contribution in [2.75, 3.05) is 25.6 Å². The fourth-order valence-electron chi connectivity index (χ4n) is 2.07. The number of rotatable bonds is 5. The lowest BCUT2D eigenvalue weighted by molar-refractivity contribution is 0.171. The molecule has 0 fully saturated rings. The van der Waals surface area contributed by atoms with Crippen LogP contribution in [0.15, 0.2) is 18.2 Å². The fourth-order valence-corrected chi connectivity index (χ4v) is 2.07. The van der Waals surface area contributed by atoms with E-state index in [2.05, 4.69) is 37.4 Å². The first-order chi connectivity index (χ1) is 8.20. The minimum absolute atomic E-state index is 0.348. The predicted octanol–water partition coefficient (Wildman–Crippen LogP) is 2.70. The van der Waals surface area contributed by atoms with Gasteiger partial charge >= 0.3 is 0 Å². The van der Waals surface area contributed by atoms with Crippen LogP contribution in [0.4, 0.5) is 5.69 Å². The van der Waals surface area contributed by atoms with Gasteiger partial charge in [0.05, 0.1) is 19.3 Å². The number of hydrogen-bond acceptors (Lipinski definition) is 3. The Hall–Kier alpha value is -1.22. The van der Waals surface area contributed by atoms with Crippen LogP contribution in [0.5, 0.6) is 5.75 Å². The van der Waals surface area contributed by atoms with Crippen LogP contribution in [0.3, 0.4) is 0 Å². The maximum absolute atomic E-state index is 5.50. The molecule has 0 spiro atoms. The normalized spacial score (nSPS) is 15.5. The Labute approximate surface area is 103 Å². The molecular formula is C14H21NO2. The Morgan fingerprint density at radius 3 is 2.94 bits per heavy atom. The SMILES string of the molecule is COCC(Nc1ccc2c(c1)CCO2)C(C)C. The van der Waals surface area contributed by atoms with Gasteiger partial charge in [0.25, 0.3) is 0 Å². The van der Waals surface area contributed by atoms with Crippen LogP contribution in [0.2, 0.25) is 0 Å². The topological polar surface area (TPSA) is 30.5 Å². The van der Waals surface area contributed by atoms with Gasteiger partial charge in [-0.25, -0.2) is 0 Å². The van der Waals surface area contributed by atoms with E-state index in [1.165, 1.54) is 5.56 Å². The third kappa shape index (κ3) is 2.91. The minimum Gasteiger partial charge on any atom is -0.493 e. The van der Waals surface area contributed by atoms with Crippen molar-refractivity contribution in [3.63, 3.8) is 0 Å². The lowest BCUT2D eigenvalue weighted by atomic mass is 10.0. The van der Waals surface area contributed by atoms with Gasteiger partial charge in [-0.2, -0.15) is 0 Å². The summed E-state index contributed by atoms with van der Waals surface area (Å²) in [5.74, 6) is 1.57.